The fourth-order valence-corrected chi connectivity index (χ4v) is 1.37. The normalized spacial score (nSPS) is 17.5. The first kappa shape index (κ1) is 13.0. The Labute approximate surface area is 93.2 Å². The number of nitrogens with zero attached hydrogens (tertiary/aromatic N) is 1. The Balaban J connectivity index is 0.00000144. The van der Waals surface area contributed by atoms with Gasteiger partial charge in [-0.15, -0.1) is 6.54 Å². The van der Waals surface area contributed by atoms with E-state index in [4.69, 9.17) is 4.84 Å². The van der Waals surface area contributed by atoms with Gasteiger partial charge in [-0.25, -0.2) is 5.06 Å². The second-order valence-corrected chi connectivity index (χ2v) is 3.90. The second-order valence-electron chi connectivity index (χ2n) is 3.90. The Hall–Kier alpha value is -0.0456. The van der Waals surface area contributed by atoms with Crippen molar-refractivity contribution in [2.45, 2.75) is 27.7 Å². The third kappa shape index (κ3) is 2.97. The van der Waals surface area contributed by atoms with Crippen LogP contribution in [-0.2, 0) is 23.4 Å². The van der Waals surface area contributed by atoms with Gasteiger partial charge in [0, 0.05) is 25.6 Å². The van der Waals surface area contributed by atoms with Crippen molar-refractivity contribution in [1.82, 2.24) is 5.06 Å². The summed E-state index contributed by atoms with van der Waals surface area (Å²) in [6, 6.07) is 0. The number of hydrogen-bond donors (Lipinski definition) is 0. The maximum atomic E-state index is 5.55. The molecule has 1 radical (unpaired) electrons. The fraction of sp³-hybridized carbons (Fsp3) is 0.700. The van der Waals surface area contributed by atoms with Gasteiger partial charge in [-0.3, -0.25) is 0 Å². The Morgan fingerprint density at radius 3 is 2.00 bits per heavy atom. The van der Waals surface area contributed by atoms with E-state index >= 15 is 0 Å². The molecule has 0 spiro atoms. The van der Waals surface area contributed by atoms with Gasteiger partial charge >= 0.3 is 0 Å². The summed E-state index contributed by atoms with van der Waals surface area (Å²) in [5.74, 6) is 2.14. The number of likely N-dealkylation sites (N-methyl/N-ethyl adjacent to an activating group) is 1. The van der Waals surface area contributed by atoms with Gasteiger partial charge in [-0.2, -0.15) is 5.57 Å². The molecule has 0 aromatic rings. The maximum absolute atomic E-state index is 5.55. The smallest absolute Gasteiger partial charge is 0.00702 e. The minimum atomic E-state index is 0. The molecule has 1 aliphatic rings. The van der Waals surface area contributed by atoms with Gasteiger partial charge in [0.05, 0.1) is 0 Å². The molecular formula is C10H18NOV-. The van der Waals surface area contributed by atoms with Gasteiger partial charge in [0.15, 0.2) is 0 Å². The summed E-state index contributed by atoms with van der Waals surface area (Å²) >= 11 is 0. The van der Waals surface area contributed by atoms with Crippen LogP contribution in [0.5, 0.6) is 0 Å². The van der Waals surface area contributed by atoms with Crippen molar-refractivity contribution < 1.29 is 23.4 Å². The largest absolute Gasteiger partial charge is 0.511 e. The third-order valence-electron chi connectivity index (χ3n) is 1.99. The Kier molecular flexibility index (Phi) is 4.97. The van der Waals surface area contributed by atoms with E-state index in [-0.39, 0.29) is 18.6 Å². The van der Waals surface area contributed by atoms with Gasteiger partial charge in [-0.05, 0) is 5.76 Å². The van der Waals surface area contributed by atoms with Crippen molar-refractivity contribution in [3.63, 3.8) is 0 Å². The molecule has 1 rings (SSSR count). The molecular weight excluding hydrogens is 201 g/mol. The standard InChI is InChI=1S/C10H18NO.V/c1-7(2)9-6-11(5)12-10(9)8(3)4;/h6-8H,1-5H3;/q-1;. The van der Waals surface area contributed by atoms with Gasteiger partial charge < -0.3 is 4.84 Å². The van der Waals surface area contributed by atoms with E-state index < -0.39 is 0 Å². The summed E-state index contributed by atoms with van der Waals surface area (Å²) < 4.78 is 0. The Morgan fingerprint density at radius 2 is 1.69 bits per heavy atom. The molecule has 3 heteroatoms. The SMILES string of the molecule is CC(C)C1=C(C(C)C)ON(C)[CH-]1.[V]. The zero-order chi connectivity index (χ0) is 9.30. The van der Waals surface area contributed by atoms with E-state index in [0.717, 1.165) is 5.76 Å². The summed E-state index contributed by atoms with van der Waals surface area (Å²) in [4.78, 5) is 5.55. The monoisotopic (exact) mass is 219 g/mol. The van der Waals surface area contributed by atoms with Crippen LogP contribution in [0.1, 0.15) is 27.7 Å². The van der Waals surface area contributed by atoms with Crippen molar-refractivity contribution in [1.29, 1.82) is 0 Å². The van der Waals surface area contributed by atoms with Crippen molar-refractivity contribution in [3.8, 4) is 0 Å². The first-order valence-corrected chi connectivity index (χ1v) is 4.52. The van der Waals surface area contributed by atoms with E-state index in [1.807, 2.05) is 7.05 Å². The van der Waals surface area contributed by atoms with E-state index in [9.17, 15) is 0 Å². The van der Waals surface area contributed by atoms with Gasteiger partial charge in [0.1, 0.15) is 0 Å². The second kappa shape index (κ2) is 4.99. The molecule has 0 N–H and O–H groups in total. The molecule has 0 bridgehead atoms. The van der Waals surface area contributed by atoms with Crippen molar-refractivity contribution in [2.75, 3.05) is 7.05 Å². The van der Waals surface area contributed by atoms with Gasteiger partial charge in [0.2, 0.25) is 0 Å². The summed E-state index contributed by atoms with van der Waals surface area (Å²) in [5, 5.41) is 1.78. The van der Waals surface area contributed by atoms with Crippen LogP contribution >= 0.6 is 0 Å². The maximum Gasteiger partial charge on any atom is 0.00702 e. The summed E-state index contributed by atoms with van der Waals surface area (Å²) in [5.41, 5.74) is 1.33. The van der Waals surface area contributed by atoms with Gasteiger partial charge in [0.25, 0.3) is 0 Å². The van der Waals surface area contributed by atoms with Crippen LogP contribution in [0.4, 0.5) is 0 Å². The molecule has 0 aromatic carbocycles. The van der Waals surface area contributed by atoms with Crippen LogP contribution in [0.2, 0.25) is 0 Å². The van der Waals surface area contributed by atoms with Crippen molar-refractivity contribution in [2.24, 2.45) is 11.8 Å². The van der Waals surface area contributed by atoms with Crippen LogP contribution in [0.3, 0.4) is 0 Å². The fourth-order valence-electron chi connectivity index (χ4n) is 1.37. The predicted octanol–water partition coefficient (Wildman–Crippen LogP) is 2.59. The Morgan fingerprint density at radius 1 is 1.15 bits per heavy atom. The number of hydrogen-bond acceptors (Lipinski definition) is 2. The molecule has 13 heavy (non-hydrogen) atoms. The quantitative estimate of drug-likeness (QED) is 0.662. The van der Waals surface area contributed by atoms with E-state index in [1.165, 1.54) is 5.57 Å². The van der Waals surface area contributed by atoms with E-state index in [0.29, 0.717) is 11.8 Å². The summed E-state index contributed by atoms with van der Waals surface area (Å²) in [7, 11) is 1.93. The number of rotatable bonds is 2. The number of hydroxylamine groups is 2. The van der Waals surface area contributed by atoms with Crippen LogP contribution in [0, 0.1) is 18.4 Å². The Bertz CT molecular complexity index is 179. The topological polar surface area (TPSA) is 12.5 Å². The van der Waals surface area contributed by atoms with Gasteiger partial charge in [-0.1, -0.05) is 39.5 Å². The molecule has 0 unspecified atom stereocenters. The van der Waals surface area contributed by atoms with E-state index in [2.05, 4.69) is 34.2 Å². The van der Waals surface area contributed by atoms with Crippen LogP contribution < -0.4 is 0 Å². The first-order chi connectivity index (χ1) is 5.52. The molecule has 75 valence electrons. The van der Waals surface area contributed by atoms with Crippen LogP contribution in [0.25, 0.3) is 0 Å². The first-order valence-electron chi connectivity index (χ1n) is 4.52. The average molecular weight is 219 g/mol. The zero-order valence-electron chi connectivity index (χ0n) is 9.03. The molecule has 0 saturated carbocycles. The minimum Gasteiger partial charge on any atom is -0.511 e. The average Bonchev–Trinajstić information content (AvgIpc) is 2.31. The molecule has 0 amide bonds. The molecule has 0 aromatic heterocycles. The molecule has 1 heterocycles. The van der Waals surface area contributed by atoms with Crippen molar-refractivity contribution >= 4 is 0 Å². The molecule has 0 saturated heterocycles. The van der Waals surface area contributed by atoms with Crippen LogP contribution in [-0.4, -0.2) is 12.1 Å². The summed E-state index contributed by atoms with van der Waals surface area (Å²) in [6.07, 6.45) is 0. The third-order valence-corrected chi connectivity index (χ3v) is 1.99. The van der Waals surface area contributed by atoms with Crippen LogP contribution in [0.15, 0.2) is 11.3 Å². The summed E-state index contributed by atoms with van der Waals surface area (Å²) in [6.45, 7) is 10.8. The van der Waals surface area contributed by atoms with Crippen molar-refractivity contribution in [3.05, 3.63) is 17.9 Å². The molecule has 2 nitrogen and oxygen atoms in total. The minimum absolute atomic E-state index is 0. The predicted molar refractivity (Wildman–Crippen MR) is 49.9 cm³/mol. The molecule has 0 fully saturated rings. The number of allylic oxidation sites excluding steroid dienone is 1. The van der Waals surface area contributed by atoms with E-state index in [1.54, 1.807) is 5.06 Å². The molecule has 0 atom stereocenters. The zero-order valence-corrected chi connectivity index (χ0v) is 10.4. The molecule has 1 aliphatic heterocycles. The molecule has 0 aliphatic carbocycles.